The van der Waals surface area contributed by atoms with Crippen molar-refractivity contribution in [2.45, 2.75) is 43.1 Å². The lowest BCUT2D eigenvalue weighted by Crippen LogP contribution is -2.33. The number of aliphatic hydroxyl groups excluding tert-OH is 1. The SMILES string of the molecule is O=C(Cc1cc(F)c(F)c(F)c1)c1ccc(Cl)c(S(=O)(=O)CC2C3CC[C@H]2CC(O)C3)c1. The van der Waals surface area contributed by atoms with Crippen LogP contribution in [-0.2, 0) is 16.3 Å². The predicted molar refractivity (Wildman–Crippen MR) is 113 cm³/mol. The molecule has 2 saturated carbocycles. The summed E-state index contributed by atoms with van der Waals surface area (Å²) in [7, 11) is -3.82. The highest BCUT2D eigenvalue weighted by Gasteiger charge is 2.44. The Hall–Kier alpha value is -1.90. The summed E-state index contributed by atoms with van der Waals surface area (Å²) in [6.07, 6.45) is 2.14. The van der Waals surface area contributed by atoms with Crippen LogP contribution in [0.2, 0.25) is 5.02 Å². The summed E-state index contributed by atoms with van der Waals surface area (Å²) in [6, 6.07) is 5.32. The number of sulfone groups is 1. The van der Waals surface area contributed by atoms with Crippen molar-refractivity contribution in [3.63, 3.8) is 0 Å². The number of carbonyl (C=O) groups excluding carboxylic acids is 1. The highest BCUT2D eigenvalue weighted by molar-refractivity contribution is 7.91. The average Bonchev–Trinajstić information content (AvgIpc) is 2.94. The van der Waals surface area contributed by atoms with Crippen molar-refractivity contribution in [2.24, 2.45) is 17.8 Å². The van der Waals surface area contributed by atoms with E-state index in [1.54, 1.807) is 0 Å². The van der Waals surface area contributed by atoms with Crippen molar-refractivity contribution in [1.29, 1.82) is 0 Å². The first-order chi connectivity index (χ1) is 15.0. The van der Waals surface area contributed by atoms with Gasteiger partial charge in [-0.05, 0) is 79.3 Å². The fourth-order valence-corrected chi connectivity index (χ4v) is 7.52. The second-order valence-electron chi connectivity index (χ2n) is 8.79. The van der Waals surface area contributed by atoms with E-state index < -0.39 is 45.6 Å². The van der Waals surface area contributed by atoms with Gasteiger partial charge >= 0.3 is 0 Å². The minimum Gasteiger partial charge on any atom is -0.393 e. The van der Waals surface area contributed by atoms with Crippen LogP contribution in [0.25, 0.3) is 0 Å². The number of halogens is 4. The molecule has 2 aliphatic rings. The van der Waals surface area contributed by atoms with E-state index in [1.165, 1.54) is 18.2 Å². The van der Waals surface area contributed by atoms with Crippen LogP contribution in [0.15, 0.2) is 35.2 Å². The molecule has 32 heavy (non-hydrogen) atoms. The first-order valence-electron chi connectivity index (χ1n) is 10.4. The minimum atomic E-state index is -3.82. The summed E-state index contributed by atoms with van der Waals surface area (Å²) in [5, 5.41) is 9.95. The molecule has 2 aromatic rings. The van der Waals surface area contributed by atoms with Gasteiger partial charge < -0.3 is 5.11 Å². The second-order valence-corrected chi connectivity index (χ2v) is 11.2. The topological polar surface area (TPSA) is 71.4 Å². The molecule has 2 aliphatic carbocycles. The van der Waals surface area contributed by atoms with Crippen molar-refractivity contribution in [3.8, 4) is 0 Å². The third-order valence-corrected chi connectivity index (χ3v) is 8.95. The van der Waals surface area contributed by atoms with Gasteiger partial charge in [0.1, 0.15) is 0 Å². The van der Waals surface area contributed by atoms with Gasteiger partial charge in [-0.15, -0.1) is 0 Å². The molecule has 2 aromatic carbocycles. The third kappa shape index (κ3) is 4.58. The Morgan fingerprint density at radius 3 is 2.22 bits per heavy atom. The van der Waals surface area contributed by atoms with E-state index >= 15 is 0 Å². The van der Waals surface area contributed by atoms with Crippen molar-refractivity contribution in [3.05, 3.63) is 63.9 Å². The first kappa shape index (κ1) is 23.3. The van der Waals surface area contributed by atoms with Gasteiger partial charge in [0.2, 0.25) is 0 Å². The van der Waals surface area contributed by atoms with E-state index in [0.717, 1.165) is 25.0 Å². The molecule has 4 rings (SSSR count). The maximum atomic E-state index is 13.4. The van der Waals surface area contributed by atoms with E-state index in [0.29, 0.717) is 12.8 Å². The Morgan fingerprint density at radius 1 is 1.03 bits per heavy atom. The average molecular weight is 487 g/mol. The van der Waals surface area contributed by atoms with Crippen LogP contribution in [0.1, 0.15) is 41.6 Å². The molecule has 0 amide bonds. The maximum Gasteiger partial charge on any atom is 0.194 e. The van der Waals surface area contributed by atoms with E-state index in [-0.39, 0.29) is 44.6 Å². The smallest absolute Gasteiger partial charge is 0.194 e. The molecule has 0 heterocycles. The highest BCUT2D eigenvalue weighted by atomic mass is 35.5. The van der Waals surface area contributed by atoms with Crippen LogP contribution in [0.5, 0.6) is 0 Å². The molecule has 9 heteroatoms. The van der Waals surface area contributed by atoms with Crippen LogP contribution in [-0.4, -0.2) is 31.2 Å². The zero-order valence-electron chi connectivity index (χ0n) is 17.0. The number of aliphatic hydroxyl groups is 1. The van der Waals surface area contributed by atoms with Crippen molar-refractivity contribution < 1.29 is 31.5 Å². The van der Waals surface area contributed by atoms with Gasteiger partial charge in [-0.25, -0.2) is 21.6 Å². The number of rotatable bonds is 6. The molecule has 0 aromatic heterocycles. The fourth-order valence-electron chi connectivity index (χ4n) is 5.15. The van der Waals surface area contributed by atoms with Gasteiger partial charge in [0.05, 0.1) is 21.8 Å². The number of hydrogen-bond acceptors (Lipinski definition) is 4. The summed E-state index contributed by atoms with van der Waals surface area (Å²) in [4.78, 5) is 12.5. The fraction of sp³-hybridized carbons (Fsp3) is 0.435. The second kappa shape index (κ2) is 8.80. The van der Waals surface area contributed by atoms with Gasteiger partial charge in [-0.1, -0.05) is 11.6 Å². The Bertz CT molecular complexity index is 1130. The van der Waals surface area contributed by atoms with Crippen LogP contribution in [0, 0.1) is 35.2 Å². The minimum absolute atomic E-state index is 0.0105. The van der Waals surface area contributed by atoms with Crippen molar-refractivity contribution in [1.82, 2.24) is 0 Å². The molecule has 0 saturated heterocycles. The molecule has 0 radical (unpaired) electrons. The molecular weight excluding hydrogens is 465 g/mol. The van der Waals surface area contributed by atoms with Gasteiger partial charge in [0, 0.05) is 12.0 Å². The molecule has 2 bridgehead atoms. The number of ketones is 1. The summed E-state index contributed by atoms with van der Waals surface area (Å²) >= 11 is 6.16. The van der Waals surface area contributed by atoms with E-state index in [9.17, 15) is 31.5 Å². The van der Waals surface area contributed by atoms with Crippen LogP contribution >= 0.6 is 11.6 Å². The molecule has 0 aliphatic heterocycles. The highest BCUT2D eigenvalue weighted by Crippen LogP contribution is 2.48. The summed E-state index contributed by atoms with van der Waals surface area (Å²) in [6.45, 7) is 0. The first-order valence-corrected chi connectivity index (χ1v) is 12.4. The van der Waals surface area contributed by atoms with Crippen molar-refractivity contribution >= 4 is 27.2 Å². The molecule has 1 N–H and O–H groups in total. The van der Waals surface area contributed by atoms with Crippen LogP contribution in [0.4, 0.5) is 13.2 Å². The number of benzene rings is 2. The van der Waals surface area contributed by atoms with Crippen LogP contribution in [0.3, 0.4) is 0 Å². The largest absolute Gasteiger partial charge is 0.393 e. The standard InChI is InChI=1S/C23H22ClF3O4S/c24-18-4-3-15(21(29)7-12-5-19(25)23(27)20(26)6-12)10-22(18)32(30,31)11-17-13-1-2-14(17)9-16(28)8-13/h3-6,10,13-14,16-17,28H,1-2,7-9,11H2/t13-,14?,16?,17?/m0/s1. The monoisotopic (exact) mass is 486 g/mol. The maximum absolute atomic E-state index is 13.4. The lowest BCUT2D eigenvalue weighted by molar-refractivity contribution is 0.0683. The lowest BCUT2D eigenvalue weighted by atomic mass is 9.78. The zero-order valence-corrected chi connectivity index (χ0v) is 18.6. The Morgan fingerprint density at radius 2 is 1.62 bits per heavy atom. The molecule has 2 fully saturated rings. The lowest BCUT2D eigenvalue weighted by Gasteiger charge is -2.32. The number of hydrogen-bond donors (Lipinski definition) is 1. The Kier molecular flexibility index (Phi) is 6.40. The zero-order chi connectivity index (χ0) is 23.2. The van der Waals surface area contributed by atoms with E-state index in [4.69, 9.17) is 11.6 Å². The van der Waals surface area contributed by atoms with Gasteiger partial charge in [0.25, 0.3) is 0 Å². The molecule has 3 unspecified atom stereocenters. The molecule has 0 spiro atoms. The number of Topliss-reactive ketones (excluding diaryl/α,β-unsaturated/α-hetero) is 1. The number of fused-ring (bicyclic) bond motifs is 2. The van der Waals surface area contributed by atoms with Gasteiger partial charge in [0.15, 0.2) is 33.1 Å². The van der Waals surface area contributed by atoms with Gasteiger partial charge in [-0.3, -0.25) is 4.79 Å². The molecular formula is C23H22ClF3O4S. The van der Waals surface area contributed by atoms with Crippen LogP contribution < -0.4 is 0 Å². The summed E-state index contributed by atoms with van der Waals surface area (Å²) in [5.41, 5.74) is -0.0387. The third-order valence-electron chi connectivity index (χ3n) is 6.68. The molecule has 172 valence electrons. The molecule has 4 atom stereocenters. The van der Waals surface area contributed by atoms with Crippen molar-refractivity contribution in [2.75, 3.05) is 5.75 Å². The van der Waals surface area contributed by atoms with E-state index in [2.05, 4.69) is 0 Å². The Balaban J connectivity index is 1.56. The van der Waals surface area contributed by atoms with Gasteiger partial charge in [-0.2, -0.15) is 0 Å². The number of carbonyl (C=O) groups is 1. The Labute approximate surface area is 189 Å². The summed E-state index contributed by atoms with van der Waals surface area (Å²) < 4.78 is 66.4. The summed E-state index contributed by atoms with van der Waals surface area (Å²) in [5.74, 6) is -4.89. The van der Waals surface area contributed by atoms with E-state index in [1.807, 2.05) is 0 Å². The molecule has 4 nitrogen and oxygen atoms in total. The normalized spacial score (nSPS) is 25.2. The quantitative estimate of drug-likeness (QED) is 0.472. The predicted octanol–water partition coefficient (Wildman–Crippen LogP) is 4.75.